The fourth-order valence-electron chi connectivity index (χ4n) is 1.16. The number of benzene rings is 1. The van der Waals surface area contributed by atoms with E-state index in [0.29, 0.717) is 12.4 Å². The van der Waals surface area contributed by atoms with Gasteiger partial charge in [0.25, 0.3) is 0 Å². The van der Waals surface area contributed by atoms with Crippen LogP contribution >= 0.6 is 0 Å². The molecule has 0 heterocycles. The minimum atomic E-state index is -0.115. The van der Waals surface area contributed by atoms with Crippen molar-refractivity contribution in [2.24, 2.45) is 11.0 Å². The highest BCUT2D eigenvalue weighted by Crippen LogP contribution is 2.15. The van der Waals surface area contributed by atoms with Crippen molar-refractivity contribution >= 4 is 12.1 Å². The van der Waals surface area contributed by atoms with Gasteiger partial charge in [0.1, 0.15) is 12.4 Å². The molecule has 0 saturated carbocycles. The van der Waals surface area contributed by atoms with Gasteiger partial charge in [-0.2, -0.15) is 5.10 Å². The van der Waals surface area contributed by atoms with Crippen molar-refractivity contribution in [1.29, 1.82) is 0 Å². The van der Waals surface area contributed by atoms with E-state index in [0.717, 1.165) is 5.56 Å². The predicted molar refractivity (Wildman–Crippen MR) is 72.7 cm³/mol. The number of hydrogen-bond donors (Lipinski definition) is 1. The number of rotatable bonds is 6. The quantitative estimate of drug-likeness (QED) is 0.476. The van der Waals surface area contributed by atoms with Crippen molar-refractivity contribution in [2.45, 2.75) is 13.8 Å². The molecule has 0 aliphatic carbocycles. The van der Waals surface area contributed by atoms with Crippen LogP contribution in [0, 0.1) is 5.92 Å². The molecule has 18 heavy (non-hydrogen) atoms. The number of nitrogens with zero attached hydrogens (tertiary/aromatic N) is 1. The van der Waals surface area contributed by atoms with Crippen LogP contribution in [0.2, 0.25) is 0 Å². The van der Waals surface area contributed by atoms with Crippen LogP contribution in [0.15, 0.2) is 42.0 Å². The van der Waals surface area contributed by atoms with E-state index in [-0.39, 0.29) is 11.8 Å². The van der Waals surface area contributed by atoms with Crippen molar-refractivity contribution in [3.05, 3.63) is 42.5 Å². The van der Waals surface area contributed by atoms with E-state index in [1.807, 2.05) is 38.1 Å². The van der Waals surface area contributed by atoms with Gasteiger partial charge in [0.15, 0.2) is 0 Å². The third kappa shape index (κ3) is 4.41. The molecule has 0 bridgehead atoms. The summed E-state index contributed by atoms with van der Waals surface area (Å²) >= 11 is 0. The Morgan fingerprint density at radius 1 is 1.50 bits per heavy atom. The Labute approximate surface area is 107 Å². The molecule has 4 heteroatoms. The molecule has 96 valence electrons. The van der Waals surface area contributed by atoms with Crippen LogP contribution in [-0.2, 0) is 4.79 Å². The first-order valence-corrected chi connectivity index (χ1v) is 5.80. The van der Waals surface area contributed by atoms with E-state index in [2.05, 4.69) is 17.1 Å². The summed E-state index contributed by atoms with van der Waals surface area (Å²) in [4.78, 5) is 11.3. The molecule has 0 unspecified atom stereocenters. The van der Waals surface area contributed by atoms with Gasteiger partial charge in [0, 0.05) is 11.5 Å². The van der Waals surface area contributed by atoms with Gasteiger partial charge < -0.3 is 4.74 Å². The van der Waals surface area contributed by atoms with E-state index in [1.165, 1.54) is 0 Å². The zero-order valence-electron chi connectivity index (χ0n) is 10.7. The average molecular weight is 246 g/mol. The molecule has 0 aliphatic heterocycles. The summed E-state index contributed by atoms with van der Waals surface area (Å²) in [6.07, 6.45) is 3.24. The van der Waals surface area contributed by atoms with Gasteiger partial charge in [-0.3, -0.25) is 4.79 Å². The maximum Gasteiger partial charge on any atom is 0.242 e. The van der Waals surface area contributed by atoms with Gasteiger partial charge in [-0.15, -0.1) is 0 Å². The summed E-state index contributed by atoms with van der Waals surface area (Å²) in [5, 5.41) is 3.90. The first-order chi connectivity index (χ1) is 8.65. The van der Waals surface area contributed by atoms with Crippen LogP contribution < -0.4 is 10.2 Å². The Kier molecular flexibility index (Phi) is 5.64. The molecule has 0 spiro atoms. The summed E-state index contributed by atoms with van der Waals surface area (Å²) in [5.41, 5.74) is 3.28. The van der Waals surface area contributed by atoms with Gasteiger partial charge in [-0.25, -0.2) is 5.43 Å². The topological polar surface area (TPSA) is 50.7 Å². The van der Waals surface area contributed by atoms with Gasteiger partial charge in [0.2, 0.25) is 5.91 Å². The Bertz CT molecular complexity index is 439. The van der Waals surface area contributed by atoms with Crippen molar-refractivity contribution < 1.29 is 9.53 Å². The fourth-order valence-corrected chi connectivity index (χ4v) is 1.16. The van der Waals surface area contributed by atoms with E-state index >= 15 is 0 Å². The second-order valence-corrected chi connectivity index (χ2v) is 4.03. The molecule has 0 saturated heterocycles. The molecule has 1 amide bonds. The Morgan fingerprint density at radius 2 is 2.22 bits per heavy atom. The van der Waals surface area contributed by atoms with E-state index in [1.54, 1.807) is 12.3 Å². The largest absolute Gasteiger partial charge is 0.489 e. The molecule has 0 radical (unpaired) electrons. The second kappa shape index (κ2) is 7.27. The highest BCUT2D eigenvalue weighted by Gasteiger charge is 2.04. The third-order valence-corrected chi connectivity index (χ3v) is 2.18. The summed E-state index contributed by atoms with van der Waals surface area (Å²) in [6, 6.07) is 7.47. The summed E-state index contributed by atoms with van der Waals surface area (Å²) in [6.45, 7) is 7.65. The van der Waals surface area contributed by atoms with E-state index in [4.69, 9.17) is 4.74 Å². The Balaban J connectivity index is 2.68. The number of carbonyl (C=O) groups is 1. The Hall–Kier alpha value is -2.10. The zero-order chi connectivity index (χ0) is 13.4. The molecular weight excluding hydrogens is 228 g/mol. The van der Waals surface area contributed by atoms with Gasteiger partial charge in [-0.1, -0.05) is 38.6 Å². The lowest BCUT2D eigenvalue weighted by Crippen LogP contribution is -2.22. The molecule has 1 N–H and O–H groups in total. The van der Waals surface area contributed by atoms with Gasteiger partial charge in [0.05, 0.1) is 6.21 Å². The smallest absolute Gasteiger partial charge is 0.242 e. The molecule has 4 nitrogen and oxygen atoms in total. The maximum atomic E-state index is 11.3. The highest BCUT2D eigenvalue weighted by molar-refractivity contribution is 5.85. The monoisotopic (exact) mass is 246 g/mol. The Morgan fingerprint density at radius 3 is 2.89 bits per heavy atom. The van der Waals surface area contributed by atoms with Gasteiger partial charge in [-0.05, 0) is 12.1 Å². The van der Waals surface area contributed by atoms with E-state index < -0.39 is 0 Å². The summed E-state index contributed by atoms with van der Waals surface area (Å²) in [7, 11) is 0. The number of ether oxygens (including phenoxy) is 1. The molecule has 0 atom stereocenters. The lowest BCUT2D eigenvalue weighted by atomic mass is 10.2. The normalized spacial score (nSPS) is 10.6. The maximum absolute atomic E-state index is 11.3. The minimum Gasteiger partial charge on any atom is -0.489 e. The summed E-state index contributed by atoms with van der Waals surface area (Å²) in [5.74, 6) is 0.505. The average Bonchev–Trinajstić information content (AvgIpc) is 2.37. The number of nitrogens with one attached hydrogen (secondary N) is 1. The second-order valence-electron chi connectivity index (χ2n) is 4.03. The number of hydrazone groups is 1. The highest BCUT2D eigenvalue weighted by atomic mass is 16.5. The van der Waals surface area contributed by atoms with Crippen LogP contribution in [-0.4, -0.2) is 18.7 Å². The third-order valence-electron chi connectivity index (χ3n) is 2.18. The lowest BCUT2D eigenvalue weighted by Gasteiger charge is -2.06. The number of hydrogen-bond acceptors (Lipinski definition) is 3. The molecule has 0 aromatic heterocycles. The predicted octanol–water partition coefficient (Wildman–Crippen LogP) is 2.36. The summed E-state index contributed by atoms with van der Waals surface area (Å²) < 4.78 is 5.47. The van der Waals surface area contributed by atoms with E-state index in [9.17, 15) is 4.79 Å². The zero-order valence-corrected chi connectivity index (χ0v) is 10.7. The van der Waals surface area contributed by atoms with Crippen molar-refractivity contribution in [1.82, 2.24) is 5.43 Å². The molecule has 1 aromatic carbocycles. The number of para-hydroxylation sites is 1. The first-order valence-electron chi connectivity index (χ1n) is 5.80. The number of carbonyl (C=O) groups excluding carboxylic acids is 1. The van der Waals surface area contributed by atoms with Crippen molar-refractivity contribution in [3.8, 4) is 5.75 Å². The van der Waals surface area contributed by atoms with Crippen LogP contribution in [0.25, 0.3) is 0 Å². The molecule has 1 rings (SSSR count). The number of amides is 1. The van der Waals surface area contributed by atoms with Crippen LogP contribution in [0.1, 0.15) is 19.4 Å². The molecule has 0 fully saturated rings. The standard InChI is InChI=1S/C14H18N2O2/c1-4-9-18-13-8-6-5-7-12(13)10-15-16-14(17)11(2)3/h4-8,10-11H,1,9H2,2-3H3,(H,16,17)/b15-10+. The van der Waals surface area contributed by atoms with Crippen molar-refractivity contribution in [2.75, 3.05) is 6.61 Å². The fraction of sp³-hybridized carbons (Fsp3) is 0.286. The SMILES string of the molecule is C=CCOc1ccccc1/C=N/NC(=O)C(C)C. The van der Waals surface area contributed by atoms with Crippen LogP contribution in [0.4, 0.5) is 0 Å². The molecule has 1 aromatic rings. The van der Waals surface area contributed by atoms with Crippen molar-refractivity contribution in [3.63, 3.8) is 0 Å². The van der Waals surface area contributed by atoms with Crippen LogP contribution in [0.5, 0.6) is 5.75 Å². The first kappa shape index (κ1) is 14.0. The molecule has 0 aliphatic rings. The van der Waals surface area contributed by atoms with Gasteiger partial charge >= 0.3 is 0 Å². The molecular formula is C14H18N2O2. The van der Waals surface area contributed by atoms with Crippen LogP contribution in [0.3, 0.4) is 0 Å². The lowest BCUT2D eigenvalue weighted by molar-refractivity contribution is -0.123. The minimum absolute atomic E-state index is 0.0885.